The van der Waals surface area contributed by atoms with Crippen molar-refractivity contribution in [1.82, 2.24) is 5.32 Å². The van der Waals surface area contributed by atoms with Crippen LogP contribution in [0.25, 0.3) is 0 Å². The maximum atomic E-state index is 15.4. The number of hydrogen-bond donors (Lipinski definition) is 1. The number of nitriles is 1. The van der Waals surface area contributed by atoms with Gasteiger partial charge in [-0.15, -0.1) is 0 Å². The first kappa shape index (κ1) is 25.6. The molecule has 2 aromatic rings. The van der Waals surface area contributed by atoms with Crippen LogP contribution in [-0.4, -0.2) is 36.6 Å². The fourth-order valence-corrected chi connectivity index (χ4v) is 5.38. The first-order valence-corrected chi connectivity index (χ1v) is 12.3. The number of hydrogen-bond acceptors (Lipinski definition) is 5. The van der Waals surface area contributed by atoms with Crippen LogP contribution in [0.1, 0.15) is 50.7 Å². The van der Waals surface area contributed by atoms with Crippen LogP contribution in [0, 0.1) is 22.6 Å². The Labute approximate surface area is 215 Å². The lowest BCUT2D eigenvalue weighted by atomic mass is 9.75. The van der Waals surface area contributed by atoms with E-state index in [0.717, 1.165) is 24.1 Å². The van der Waals surface area contributed by atoms with E-state index >= 15 is 4.39 Å². The third-order valence-corrected chi connectivity index (χ3v) is 7.67. The van der Waals surface area contributed by atoms with Gasteiger partial charge in [0.1, 0.15) is 11.6 Å². The molecule has 1 N–H and O–H groups in total. The molecule has 1 saturated heterocycles. The van der Waals surface area contributed by atoms with Gasteiger partial charge in [0.2, 0.25) is 5.91 Å². The summed E-state index contributed by atoms with van der Waals surface area (Å²) in [6.45, 7) is 3.83. The molecule has 0 bridgehead atoms. The Balaban J connectivity index is 1.64. The number of halogens is 1. The summed E-state index contributed by atoms with van der Waals surface area (Å²) < 4.78 is 20.5. The fraction of sp³-hybridized carbons (Fsp3) is 0.407. The summed E-state index contributed by atoms with van der Waals surface area (Å²) in [5.41, 5.74) is 0.497. The van der Waals surface area contributed by atoms with E-state index in [1.54, 1.807) is 7.05 Å². The number of anilines is 2. The Hall–Kier alpha value is -3.51. The zero-order valence-electron chi connectivity index (χ0n) is 20.9. The predicted molar refractivity (Wildman–Crippen MR) is 139 cm³/mol. The van der Waals surface area contributed by atoms with E-state index in [4.69, 9.17) is 17.0 Å². The van der Waals surface area contributed by atoms with E-state index in [1.165, 1.54) is 24.1 Å². The molecule has 0 radical (unpaired) electrons. The van der Waals surface area contributed by atoms with Gasteiger partial charge < -0.3 is 15.0 Å². The standard InChI is InChI=1S/C27H29FN4O3S/c1-26(2,23(33)30-3)15-12-17-6-9-19(10-7-17)32-25(36)31(24(34)27(32)13-5-14-27)20-11-8-18(16-29)22(35-4)21(20)28/h6-11H,5,12-15H2,1-4H3,(H,30,33). The normalized spacial score (nSPS) is 16.7. The summed E-state index contributed by atoms with van der Waals surface area (Å²) in [6.07, 6.45) is 3.49. The van der Waals surface area contributed by atoms with Crippen LogP contribution in [0.3, 0.4) is 0 Å². The van der Waals surface area contributed by atoms with Crippen molar-refractivity contribution in [1.29, 1.82) is 5.26 Å². The van der Waals surface area contributed by atoms with Gasteiger partial charge in [0.15, 0.2) is 16.7 Å². The summed E-state index contributed by atoms with van der Waals surface area (Å²) in [6, 6.07) is 12.5. The molecule has 1 heterocycles. The smallest absolute Gasteiger partial charge is 0.259 e. The van der Waals surface area contributed by atoms with E-state index in [1.807, 2.05) is 49.1 Å². The Morgan fingerprint density at radius 2 is 1.92 bits per heavy atom. The summed E-state index contributed by atoms with van der Waals surface area (Å²) in [5, 5.41) is 12.2. The Bertz CT molecular complexity index is 1270. The minimum Gasteiger partial charge on any atom is -0.492 e. The van der Waals surface area contributed by atoms with Gasteiger partial charge in [0.25, 0.3) is 5.91 Å². The van der Waals surface area contributed by atoms with Crippen molar-refractivity contribution in [3.05, 3.63) is 53.3 Å². The second-order valence-corrected chi connectivity index (χ2v) is 10.2. The van der Waals surface area contributed by atoms with Crippen LogP contribution in [-0.2, 0) is 16.0 Å². The highest BCUT2D eigenvalue weighted by atomic mass is 32.1. The van der Waals surface area contributed by atoms with Crippen molar-refractivity contribution in [2.24, 2.45) is 5.41 Å². The zero-order chi connectivity index (χ0) is 26.3. The number of ether oxygens (including phenoxy) is 1. The van der Waals surface area contributed by atoms with Crippen LogP contribution in [0.5, 0.6) is 5.75 Å². The molecule has 1 saturated carbocycles. The molecule has 9 heteroatoms. The Morgan fingerprint density at radius 1 is 1.25 bits per heavy atom. The summed E-state index contributed by atoms with van der Waals surface area (Å²) in [7, 11) is 2.92. The molecule has 4 rings (SSSR count). The Morgan fingerprint density at radius 3 is 2.44 bits per heavy atom. The maximum absolute atomic E-state index is 15.4. The van der Waals surface area contributed by atoms with Crippen molar-refractivity contribution >= 4 is 40.5 Å². The van der Waals surface area contributed by atoms with Crippen molar-refractivity contribution < 1.29 is 18.7 Å². The lowest BCUT2D eigenvalue weighted by Gasteiger charge is -2.43. The quantitative estimate of drug-likeness (QED) is 0.556. The molecule has 2 aliphatic rings. The van der Waals surface area contributed by atoms with Gasteiger partial charge in [-0.1, -0.05) is 26.0 Å². The second-order valence-electron chi connectivity index (χ2n) is 9.86. The van der Waals surface area contributed by atoms with Crippen molar-refractivity contribution in [3.63, 3.8) is 0 Å². The summed E-state index contributed by atoms with van der Waals surface area (Å²) in [5.74, 6) is -1.28. The average molecular weight is 509 g/mol. The van der Waals surface area contributed by atoms with E-state index in [9.17, 15) is 14.9 Å². The number of nitrogens with one attached hydrogen (secondary N) is 1. The molecule has 1 aliphatic carbocycles. The highest BCUT2D eigenvalue weighted by molar-refractivity contribution is 7.81. The number of nitrogens with zero attached hydrogens (tertiary/aromatic N) is 3. The number of amides is 2. The topological polar surface area (TPSA) is 85.7 Å². The number of carbonyl (C=O) groups is 2. The minimum absolute atomic E-state index is 0.00118. The number of thiocarbonyl (C=S) groups is 1. The van der Waals surface area contributed by atoms with Gasteiger partial charge in [-0.3, -0.25) is 14.5 Å². The van der Waals surface area contributed by atoms with Crippen LogP contribution in [0.4, 0.5) is 15.8 Å². The van der Waals surface area contributed by atoms with Crippen LogP contribution in [0.15, 0.2) is 36.4 Å². The Kier molecular flexibility index (Phi) is 6.76. The fourth-order valence-electron chi connectivity index (χ4n) is 4.92. The largest absolute Gasteiger partial charge is 0.492 e. The lowest BCUT2D eigenvalue weighted by molar-refractivity contribution is -0.129. The molecule has 2 aromatic carbocycles. The molecule has 36 heavy (non-hydrogen) atoms. The first-order valence-electron chi connectivity index (χ1n) is 11.9. The molecule has 0 atom stereocenters. The van der Waals surface area contributed by atoms with Gasteiger partial charge in [0, 0.05) is 18.2 Å². The van der Waals surface area contributed by atoms with Crippen molar-refractivity contribution in [2.75, 3.05) is 24.0 Å². The highest BCUT2D eigenvalue weighted by Crippen LogP contribution is 2.48. The number of benzene rings is 2. The highest BCUT2D eigenvalue weighted by Gasteiger charge is 2.60. The molecule has 2 fully saturated rings. The molecule has 188 valence electrons. The average Bonchev–Trinajstić information content (AvgIpc) is 3.09. The molecule has 0 aromatic heterocycles. The predicted octanol–water partition coefficient (Wildman–Crippen LogP) is 4.47. The van der Waals surface area contributed by atoms with E-state index in [2.05, 4.69) is 5.32 Å². The van der Waals surface area contributed by atoms with Crippen molar-refractivity contribution in [2.45, 2.75) is 51.5 Å². The number of aryl methyl sites for hydroxylation is 1. The molecule has 1 aliphatic heterocycles. The zero-order valence-corrected chi connectivity index (χ0v) is 21.7. The number of carbonyl (C=O) groups excluding carboxylic acids is 2. The third kappa shape index (κ3) is 3.99. The van der Waals surface area contributed by atoms with Gasteiger partial charge in [-0.25, -0.2) is 4.39 Å². The maximum Gasteiger partial charge on any atom is 0.259 e. The molecule has 1 spiro atoms. The second kappa shape index (κ2) is 9.51. The molecule has 7 nitrogen and oxygen atoms in total. The van der Waals surface area contributed by atoms with Crippen LogP contribution < -0.4 is 19.9 Å². The van der Waals surface area contributed by atoms with Gasteiger partial charge in [-0.2, -0.15) is 5.26 Å². The van der Waals surface area contributed by atoms with Gasteiger partial charge in [-0.05, 0) is 74.2 Å². The van der Waals surface area contributed by atoms with Crippen molar-refractivity contribution in [3.8, 4) is 11.8 Å². The van der Waals surface area contributed by atoms with Gasteiger partial charge >= 0.3 is 0 Å². The SMILES string of the molecule is CNC(=O)C(C)(C)CCc1ccc(N2C(=S)N(c3ccc(C#N)c(OC)c3F)C(=O)C23CCC3)cc1. The minimum atomic E-state index is -0.854. The van der Waals surface area contributed by atoms with Gasteiger partial charge in [0.05, 0.1) is 18.4 Å². The first-order chi connectivity index (χ1) is 17.1. The van der Waals surface area contributed by atoms with Crippen LogP contribution in [0.2, 0.25) is 0 Å². The summed E-state index contributed by atoms with van der Waals surface area (Å²) >= 11 is 5.74. The third-order valence-electron chi connectivity index (χ3n) is 7.31. The van der Waals surface area contributed by atoms with Crippen LogP contribution >= 0.6 is 12.2 Å². The molecular formula is C27H29FN4O3S. The summed E-state index contributed by atoms with van der Waals surface area (Å²) in [4.78, 5) is 28.8. The monoisotopic (exact) mass is 508 g/mol. The van der Waals surface area contributed by atoms with E-state index in [0.29, 0.717) is 19.3 Å². The van der Waals surface area contributed by atoms with E-state index < -0.39 is 16.8 Å². The molecular weight excluding hydrogens is 479 g/mol. The molecule has 2 amide bonds. The number of rotatable bonds is 7. The number of methoxy groups -OCH3 is 1. The molecule has 0 unspecified atom stereocenters. The van der Waals surface area contributed by atoms with E-state index in [-0.39, 0.29) is 33.9 Å². The lowest BCUT2D eigenvalue weighted by Crippen LogP contribution is -2.55.